The van der Waals surface area contributed by atoms with Crippen LogP contribution in [0.1, 0.15) is 0 Å². The molecule has 0 amide bonds. The van der Waals surface area contributed by atoms with E-state index >= 15 is 0 Å². The Labute approximate surface area is 129 Å². The van der Waals surface area contributed by atoms with Crippen molar-refractivity contribution in [2.45, 2.75) is 0 Å². The van der Waals surface area contributed by atoms with Crippen molar-refractivity contribution < 1.29 is 9.26 Å². The molecule has 0 saturated heterocycles. The highest BCUT2D eigenvalue weighted by molar-refractivity contribution is 14.1. The Morgan fingerprint density at radius 2 is 1.60 bits per heavy atom. The van der Waals surface area contributed by atoms with Crippen LogP contribution < -0.4 is 4.74 Å². The maximum absolute atomic E-state index is 5.31. The molecule has 0 aliphatic rings. The minimum atomic E-state index is 0.521. The fourth-order valence-electron chi connectivity index (χ4n) is 1.79. The van der Waals surface area contributed by atoms with Crippen molar-refractivity contribution in [1.82, 2.24) is 10.1 Å². The molecule has 100 valence electrons. The van der Waals surface area contributed by atoms with Gasteiger partial charge in [0.15, 0.2) is 0 Å². The summed E-state index contributed by atoms with van der Waals surface area (Å²) in [5, 5.41) is 4.01. The SMILES string of the molecule is COc1ccc(-c2noc(-c3ccc(I)cc3)n2)cc1. The average molecular weight is 378 g/mol. The van der Waals surface area contributed by atoms with Crippen molar-refractivity contribution in [3.63, 3.8) is 0 Å². The second-order valence-corrected chi connectivity index (χ2v) is 5.40. The van der Waals surface area contributed by atoms with Gasteiger partial charge in [0.2, 0.25) is 5.82 Å². The quantitative estimate of drug-likeness (QED) is 0.646. The molecule has 3 rings (SSSR count). The predicted molar refractivity (Wildman–Crippen MR) is 84.4 cm³/mol. The van der Waals surface area contributed by atoms with Gasteiger partial charge < -0.3 is 9.26 Å². The van der Waals surface area contributed by atoms with Crippen LogP contribution in [0, 0.1) is 3.57 Å². The standard InChI is InChI=1S/C15H11IN2O2/c1-19-13-8-4-10(5-9-13)14-17-15(20-18-14)11-2-6-12(16)7-3-11/h2-9H,1H3. The highest BCUT2D eigenvalue weighted by Crippen LogP contribution is 2.24. The highest BCUT2D eigenvalue weighted by Gasteiger charge is 2.10. The maximum atomic E-state index is 5.31. The Bertz CT molecular complexity index is 705. The van der Waals surface area contributed by atoms with E-state index in [0.29, 0.717) is 11.7 Å². The summed E-state index contributed by atoms with van der Waals surface area (Å²) in [5.74, 6) is 1.89. The second-order valence-electron chi connectivity index (χ2n) is 4.16. The molecule has 2 aromatic carbocycles. The molecule has 5 heteroatoms. The van der Waals surface area contributed by atoms with Gasteiger partial charge in [-0.15, -0.1) is 0 Å². The molecule has 0 saturated carbocycles. The third-order valence-electron chi connectivity index (χ3n) is 2.87. The first kappa shape index (κ1) is 13.1. The summed E-state index contributed by atoms with van der Waals surface area (Å²) in [6, 6.07) is 15.5. The van der Waals surface area contributed by atoms with E-state index in [1.807, 2.05) is 48.5 Å². The van der Waals surface area contributed by atoms with Gasteiger partial charge in [0.05, 0.1) is 7.11 Å². The first-order valence-electron chi connectivity index (χ1n) is 6.00. The Balaban J connectivity index is 1.91. The third kappa shape index (κ3) is 2.67. The topological polar surface area (TPSA) is 48.2 Å². The van der Waals surface area contributed by atoms with Crippen molar-refractivity contribution in [2.24, 2.45) is 0 Å². The maximum Gasteiger partial charge on any atom is 0.258 e. The molecule has 0 radical (unpaired) electrons. The fraction of sp³-hybridized carbons (Fsp3) is 0.0667. The van der Waals surface area contributed by atoms with E-state index in [1.165, 1.54) is 3.57 Å². The van der Waals surface area contributed by atoms with Gasteiger partial charge in [0, 0.05) is 14.7 Å². The minimum absolute atomic E-state index is 0.521. The summed E-state index contributed by atoms with van der Waals surface area (Å²) < 4.78 is 11.6. The number of hydrogen-bond donors (Lipinski definition) is 0. The predicted octanol–water partition coefficient (Wildman–Crippen LogP) is 4.02. The molecule has 20 heavy (non-hydrogen) atoms. The second kappa shape index (κ2) is 5.62. The number of methoxy groups -OCH3 is 1. The smallest absolute Gasteiger partial charge is 0.258 e. The van der Waals surface area contributed by atoms with Gasteiger partial charge in [-0.3, -0.25) is 0 Å². The molecular formula is C15H11IN2O2. The van der Waals surface area contributed by atoms with E-state index in [0.717, 1.165) is 16.9 Å². The van der Waals surface area contributed by atoms with Gasteiger partial charge in [-0.2, -0.15) is 4.98 Å². The first-order chi connectivity index (χ1) is 9.76. The van der Waals surface area contributed by atoms with Gasteiger partial charge in [-0.1, -0.05) is 5.16 Å². The molecule has 1 aromatic heterocycles. The van der Waals surface area contributed by atoms with Crippen molar-refractivity contribution in [2.75, 3.05) is 7.11 Å². The monoisotopic (exact) mass is 378 g/mol. The van der Waals surface area contributed by atoms with Crippen molar-refractivity contribution in [3.05, 3.63) is 52.1 Å². The molecule has 0 bridgehead atoms. The van der Waals surface area contributed by atoms with E-state index in [1.54, 1.807) is 7.11 Å². The van der Waals surface area contributed by atoms with Gasteiger partial charge in [0.25, 0.3) is 5.89 Å². The number of ether oxygens (including phenoxy) is 1. The Hall–Kier alpha value is -1.89. The lowest BCUT2D eigenvalue weighted by Crippen LogP contribution is -1.84. The number of nitrogens with zero attached hydrogens (tertiary/aromatic N) is 2. The Kier molecular flexibility index (Phi) is 3.68. The van der Waals surface area contributed by atoms with Crippen LogP contribution >= 0.6 is 22.6 Å². The molecule has 1 heterocycles. The Morgan fingerprint density at radius 3 is 2.25 bits per heavy atom. The highest BCUT2D eigenvalue weighted by atomic mass is 127. The summed E-state index contributed by atoms with van der Waals surface area (Å²) in [7, 11) is 1.64. The third-order valence-corrected chi connectivity index (χ3v) is 3.58. The van der Waals surface area contributed by atoms with Crippen LogP contribution in [0.15, 0.2) is 53.1 Å². The van der Waals surface area contributed by atoms with Crippen LogP contribution in [0.5, 0.6) is 5.75 Å². The minimum Gasteiger partial charge on any atom is -0.497 e. The molecule has 0 N–H and O–H groups in total. The van der Waals surface area contributed by atoms with Crippen LogP contribution in [-0.4, -0.2) is 17.3 Å². The Morgan fingerprint density at radius 1 is 0.950 bits per heavy atom. The van der Waals surface area contributed by atoms with E-state index in [9.17, 15) is 0 Å². The molecule has 0 aliphatic heterocycles. The lowest BCUT2D eigenvalue weighted by Gasteiger charge is -1.99. The van der Waals surface area contributed by atoms with Gasteiger partial charge in [-0.05, 0) is 71.1 Å². The molecule has 0 aliphatic carbocycles. The van der Waals surface area contributed by atoms with Gasteiger partial charge >= 0.3 is 0 Å². The number of benzene rings is 2. The van der Waals surface area contributed by atoms with E-state index in [2.05, 4.69) is 32.7 Å². The van der Waals surface area contributed by atoms with Crippen LogP contribution in [0.3, 0.4) is 0 Å². The van der Waals surface area contributed by atoms with Crippen LogP contribution in [0.2, 0.25) is 0 Å². The fourth-order valence-corrected chi connectivity index (χ4v) is 2.15. The van der Waals surface area contributed by atoms with E-state index in [-0.39, 0.29) is 0 Å². The summed E-state index contributed by atoms with van der Waals surface area (Å²) in [4.78, 5) is 4.41. The lowest BCUT2D eigenvalue weighted by molar-refractivity contribution is 0.415. The van der Waals surface area contributed by atoms with Crippen molar-refractivity contribution in [1.29, 1.82) is 0 Å². The summed E-state index contributed by atoms with van der Waals surface area (Å²) in [5.41, 5.74) is 1.81. The number of hydrogen-bond acceptors (Lipinski definition) is 4. The van der Waals surface area contributed by atoms with E-state index < -0.39 is 0 Å². The number of halogens is 1. The molecular weight excluding hydrogens is 367 g/mol. The molecule has 3 aromatic rings. The number of aromatic nitrogens is 2. The van der Waals surface area contributed by atoms with Gasteiger partial charge in [-0.25, -0.2) is 0 Å². The summed E-state index contributed by atoms with van der Waals surface area (Å²) >= 11 is 2.26. The zero-order chi connectivity index (χ0) is 13.9. The van der Waals surface area contributed by atoms with Crippen molar-refractivity contribution in [3.8, 4) is 28.6 Å². The zero-order valence-electron chi connectivity index (χ0n) is 10.7. The number of rotatable bonds is 3. The summed E-state index contributed by atoms with van der Waals surface area (Å²) in [6.07, 6.45) is 0. The largest absolute Gasteiger partial charge is 0.497 e. The summed E-state index contributed by atoms with van der Waals surface area (Å²) in [6.45, 7) is 0. The molecule has 0 unspecified atom stereocenters. The molecule has 0 fully saturated rings. The molecule has 4 nitrogen and oxygen atoms in total. The molecule has 0 atom stereocenters. The van der Waals surface area contributed by atoms with E-state index in [4.69, 9.17) is 9.26 Å². The lowest BCUT2D eigenvalue weighted by atomic mass is 10.2. The van der Waals surface area contributed by atoms with Crippen LogP contribution in [-0.2, 0) is 0 Å². The van der Waals surface area contributed by atoms with Crippen LogP contribution in [0.25, 0.3) is 22.8 Å². The average Bonchev–Trinajstić information content (AvgIpc) is 2.98. The normalized spacial score (nSPS) is 10.5. The van der Waals surface area contributed by atoms with Crippen molar-refractivity contribution >= 4 is 22.6 Å². The molecule has 0 spiro atoms. The first-order valence-corrected chi connectivity index (χ1v) is 7.08. The zero-order valence-corrected chi connectivity index (χ0v) is 12.9. The van der Waals surface area contributed by atoms with Crippen LogP contribution in [0.4, 0.5) is 0 Å². The van der Waals surface area contributed by atoms with Gasteiger partial charge in [0.1, 0.15) is 5.75 Å².